The largest absolute Gasteiger partial charge is 0.490 e. The molecule has 0 radical (unpaired) electrons. The van der Waals surface area contributed by atoms with Crippen molar-refractivity contribution >= 4 is 38.4 Å². The van der Waals surface area contributed by atoms with Crippen LogP contribution in [0, 0.1) is 0 Å². The van der Waals surface area contributed by atoms with Crippen LogP contribution in [0.15, 0.2) is 47.4 Å². The second-order valence-corrected chi connectivity index (χ2v) is 8.50. The highest BCUT2D eigenvalue weighted by Crippen LogP contribution is 2.36. The number of hydrogen-bond acceptors (Lipinski definition) is 4. The van der Waals surface area contributed by atoms with Gasteiger partial charge in [0.25, 0.3) is 5.91 Å². The first-order chi connectivity index (χ1) is 13.3. The van der Waals surface area contributed by atoms with Crippen LogP contribution in [0.3, 0.4) is 0 Å². The van der Waals surface area contributed by atoms with Crippen LogP contribution in [-0.4, -0.2) is 32.0 Å². The van der Waals surface area contributed by atoms with Gasteiger partial charge in [0, 0.05) is 11.9 Å². The van der Waals surface area contributed by atoms with Crippen molar-refractivity contribution in [3.05, 3.63) is 58.7 Å². The highest BCUT2D eigenvalue weighted by Gasteiger charge is 2.22. The maximum Gasteiger partial charge on any atom is 0.267 e. The molecule has 1 aliphatic heterocycles. The van der Waals surface area contributed by atoms with Crippen molar-refractivity contribution < 1.29 is 17.9 Å². The number of benzene rings is 2. The van der Waals surface area contributed by atoms with E-state index in [1.54, 1.807) is 24.3 Å². The molecule has 146 valence electrons. The van der Waals surface area contributed by atoms with Crippen molar-refractivity contribution in [2.75, 3.05) is 13.2 Å². The predicted molar refractivity (Wildman–Crippen MR) is 106 cm³/mol. The number of sulfonamides is 1. The third-order valence-electron chi connectivity index (χ3n) is 4.72. The molecule has 28 heavy (non-hydrogen) atoms. The Bertz CT molecular complexity index is 1170. The van der Waals surface area contributed by atoms with Gasteiger partial charge in [0.1, 0.15) is 18.1 Å². The van der Waals surface area contributed by atoms with Gasteiger partial charge in [0.2, 0.25) is 10.0 Å². The van der Waals surface area contributed by atoms with Crippen LogP contribution >= 0.6 is 11.6 Å². The van der Waals surface area contributed by atoms with Gasteiger partial charge in [-0.2, -0.15) is 0 Å². The van der Waals surface area contributed by atoms with Crippen LogP contribution in [0.25, 0.3) is 10.9 Å². The highest BCUT2D eigenvalue weighted by molar-refractivity contribution is 7.89. The van der Waals surface area contributed by atoms with E-state index in [2.05, 4.69) is 5.32 Å². The normalized spacial score (nSPS) is 13.4. The van der Waals surface area contributed by atoms with Gasteiger partial charge >= 0.3 is 0 Å². The van der Waals surface area contributed by atoms with E-state index in [-0.39, 0.29) is 10.8 Å². The third kappa shape index (κ3) is 3.46. The number of rotatable bonds is 5. The summed E-state index contributed by atoms with van der Waals surface area (Å²) in [6, 6.07) is 11.6. The van der Waals surface area contributed by atoms with Gasteiger partial charge in [-0.1, -0.05) is 23.7 Å². The van der Waals surface area contributed by atoms with Gasteiger partial charge < -0.3 is 14.6 Å². The van der Waals surface area contributed by atoms with E-state index in [1.165, 1.54) is 12.1 Å². The quantitative estimate of drug-likeness (QED) is 0.662. The van der Waals surface area contributed by atoms with Gasteiger partial charge in [0.15, 0.2) is 0 Å². The Morgan fingerprint density at radius 2 is 1.96 bits per heavy atom. The molecule has 2 aromatic carbocycles. The molecule has 3 aromatic rings. The van der Waals surface area contributed by atoms with Crippen LogP contribution in [0.1, 0.15) is 16.1 Å². The molecular formula is C19H18ClN3O4S. The number of ether oxygens (including phenoxy) is 1. The fourth-order valence-corrected chi connectivity index (χ4v) is 4.08. The molecule has 1 aliphatic rings. The van der Waals surface area contributed by atoms with E-state index in [0.717, 1.165) is 22.2 Å². The van der Waals surface area contributed by atoms with Gasteiger partial charge in [-0.05, 0) is 42.3 Å². The van der Waals surface area contributed by atoms with E-state index in [1.807, 2.05) is 10.6 Å². The number of carbonyl (C=O) groups excluding carboxylic acids is 1. The van der Waals surface area contributed by atoms with E-state index < -0.39 is 10.0 Å². The molecular weight excluding hydrogens is 402 g/mol. The topological polar surface area (TPSA) is 103 Å². The number of nitrogens with zero attached hydrogens (tertiary/aromatic N) is 1. The fourth-order valence-electron chi connectivity index (χ4n) is 3.35. The Kier molecular flexibility index (Phi) is 4.78. The summed E-state index contributed by atoms with van der Waals surface area (Å²) in [6.07, 6.45) is 0.561. The van der Waals surface area contributed by atoms with Gasteiger partial charge in [0.05, 0.1) is 22.0 Å². The first-order valence-electron chi connectivity index (χ1n) is 8.69. The van der Waals surface area contributed by atoms with Crippen molar-refractivity contribution in [1.82, 2.24) is 9.88 Å². The summed E-state index contributed by atoms with van der Waals surface area (Å²) >= 11 is 6.28. The molecule has 0 atom stereocenters. The molecule has 7 nitrogen and oxygen atoms in total. The zero-order valence-electron chi connectivity index (χ0n) is 14.8. The summed E-state index contributed by atoms with van der Waals surface area (Å²) in [4.78, 5) is 12.8. The molecule has 4 rings (SSSR count). The molecule has 3 N–H and O–H groups in total. The second-order valence-electron chi connectivity index (χ2n) is 6.53. The molecule has 0 saturated carbocycles. The van der Waals surface area contributed by atoms with Gasteiger partial charge in [-0.25, -0.2) is 13.6 Å². The second kappa shape index (κ2) is 7.12. The van der Waals surface area contributed by atoms with Crippen LogP contribution in [0.4, 0.5) is 0 Å². The average Bonchev–Trinajstić information content (AvgIpc) is 3.06. The van der Waals surface area contributed by atoms with Crippen molar-refractivity contribution in [3.8, 4) is 5.75 Å². The fraction of sp³-hybridized carbons (Fsp3) is 0.211. The van der Waals surface area contributed by atoms with Crippen molar-refractivity contribution in [2.24, 2.45) is 5.14 Å². The summed E-state index contributed by atoms with van der Waals surface area (Å²) in [5.41, 5.74) is 2.27. The summed E-state index contributed by atoms with van der Waals surface area (Å²) in [6.45, 7) is 1.48. The lowest BCUT2D eigenvalue weighted by atomic mass is 10.1. The lowest BCUT2D eigenvalue weighted by molar-refractivity contribution is 0.0943. The molecule has 0 spiro atoms. The number of halogens is 1. The maximum atomic E-state index is 12.7. The van der Waals surface area contributed by atoms with Crippen molar-refractivity contribution in [1.29, 1.82) is 0 Å². The van der Waals surface area contributed by atoms with Crippen molar-refractivity contribution in [3.63, 3.8) is 0 Å². The molecule has 0 saturated heterocycles. The third-order valence-corrected chi connectivity index (χ3v) is 5.98. The smallest absolute Gasteiger partial charge is 0.267 e. The first kappa shape index (κ1) is 18.8. The number of carbonyl (C=O) groups is 1. The summed E-state index contributed by atoms with van der Waals surface area (Å²) in [7, 11) is -3.71. The monoisotopic (exact) mass is 419 g/mol. The minimum Gasteiger partial charge on any atom is -0.490 e. The number of aromatic nitrogens is 1. The van der Waals surface area contributed by atoms with E-state index >= 15 is 0 Å². The van der Waals surface area contributed by atoms with E-state index in [9.17, 15) is 13.2 Å². The highest BCUT2D eigenvalue weighted by atomic mass is 35.5. The maximum absolute atomic E-state index is 12.7. The summed E-state index contributed by atoms with van der Waals surface area (Å²) in [5, 5.41) is 9.37. The Morgan fingerprint density at radius 3 is 2.68 bits per heavy atom. The molecule has 1 aromatic heterocycles. The predicted octanol–water partition coefficient (Wildman–Crippen LogP) is 2.31. The number of amides is 1. The molecule has 9 heteroatoms. The SMILES string of the molecule is NS(=O)(=O)c1ccc(CCNC(=O)c2cc3c(Cl)ccc4c3n2CCO4)cc1. The van der Waals surface area contributed by atoms with Crippen LogP contribution in [-0.2, 0) is 23.0 Å². The average molecular weight is 420 g/mol. The van der Waals surface area contributed by atoms with E-state index in [0.29, 0.717) is 36.8 Å². The Labute approximate surface area is 167 Å². The van der Waals surface area contributed by atoms with Crippen LogP contribution in [0.2, 0.25) is 5.02 Å². The minimum absolute atomic E-state index is 0.0640. The lowest BCUT2D eigenvalue weighted by Crippen LogP contribution is -2.29. The van der Waals surface area contributed by atoms with Gasteiger partial charge in [-0.15, -0.1) is 0 Å². The first-order valence-corrected chi connectivity index (χ1v) is 10.6. The molecule has 1 amide bonds. The molecule has 0 fully saturated rings. The number of nitrogens with two attached hydrogens (primary N) is 1. The standard InChI is InChI=1S/C19H18ClN3O4S/c20-15-5-6-17-18-14(15)11-16(23(18)9-10-27-17)19(24)22-8-7-12-1-3-13(4-2-12)28(21,25)26/h1-6,11H,7-10H2,(H,22,24)(H2,21,25,26). The minimum atomic E-state index is -3.71. The van der Waals surface area contributed by atoms with Crippen LogP contribution < -0.4 is 15.2 Å². The zero-order chi connectivity index (χ0) is 19.9. The van der Waals surface area contributed by atoms with Crippen LogP contribution in [0.5, 0.6) is 5.75 Å². The van der Waals surface area contributed by atoms with E-state index in [4.69, 9.17) is 21.5 Å². The Balaban J connectivity index is 1.48. The molecule has 0 unspecified atom stereocenters. The Hall–Kier alpha value is -2.55. The number of primary sulfonamides is 1. The zero-order valence-corrected chi connectivity index (χ0v) is 16.4. The summed E-state index contributed by atoms with van der Waals surface area (Å²) in [5.74, 6) is 0.529. The lowest BCUT2D eigenvalue weighted by Gasteiger charge is -2.19. The molecule has 0 aliphatic carbocycles. The van der Waals surface area contributed by atoms with Crippen molar-refractivity contribution in [2.45, 2.75) is 17.9 Å². The molecule has 0 bridgehead atoms. The number of nitrogens with one attached hydrogen (secondary N) is 1. The Morgan fingerprint density at radius 1 is 1.21 bits per heavy atom. The van der Waals surface area contributed by atoms with Gasteiger partial charge in [-0.3, -0.25) is 4.79 Å². The molecule has 2 heterocycles. The summed E-state index contributed by atoms with van der Waals surface area (Å²) < 4.78 is 30.2. The number of hydrogen-bond donors (Lipinski definition) is 2.